The minimum absolute atomic E-state index is 0.393. The summed E-state index contributed by atoms with van der Waals surface area (Å²) >= 11 is 0. The van der Waals surface area contributed by atoms with Gasteiger partial charge < -0.3 is 4.90 Å². The van der Waals surface area contributed by atoms with Crippen molar-refractivity contribution in [3.05, 3.63) is 293 Å². The van der Waals surface area contributed by atoms with Crippen LogP contribution in [-0.4, -0.2) is 0 Å². The van der Waals surface area contributed by atoms with Gasteiger partial charge in [0.25, 0.3) is 0 Å². The molecular weight excluding hydrogens is 771 g/mol. The van der Waals surface area contributed by atoms with Crippen molar-refractivity contribution in [2.24, 2.45) is 0 Å². The highest BCUT2D eigenvalue weighted by atomic mass is 15.1. The number of hydrogen-bond acceptors (Lipinski definition) is 1. The van der Waals surface area contributed by atoms with Crippen LogP contribution in [0, 0.1) is 0 Å². The highest BCUT2D eigenvalue weighted by Crippen LogP contribution is 2.50. The lowest BCUT2D eigenvalue weighted by Crippen LogP contribution is -2.27. The van der Waals surface area contributed by atoms with E-state index in [1.54, 1.807) is 0 Å². The molecule has 6 aromatic carbocycles. The Hall–Kier alpha value is -7.48. The van der Waals surface area contributed by atoms with Gasteiger partial charge in [0.15, 0.2) is 0 Å². The number of hydrogen-bond donors (Lipinski definition) is 0. The Labute approximate surface area is 381 Å². The van der Waals surface area contributed by atoms with Crippen molar-refractivity contribution < 1.29 is 0 Å². The van der Waals surface area contributed by atoms with E-state index in [9.17, 15) is 0 Å². The van der Waals surface area contributed by atoms with Gasteiger partial charge in [0.1, 0.15) is 0 Å². The third kappa shape index (κ3) is 9.45. The Morgan fingerprint density at radius 1 is 0.719 bits per heavy atom. The quantitative estimate of drug-likeness (QED) is 0.0932. The van der Waals surface area contributed by atoms with Gasteiger partial charge in [0.05, 0.1) is 5.41 Å². The summed E-state index contributed by atoms with van der Waals surface area (Å²) in [5.74, 6) is 0. The van der Waals surface area contributed by atoms with Gasteiger partial charge in [-0.05, 0) is 135 Å². The SMILES string of the molecule is C=C/C(=C\C=C\N(C(=C)CCC1=CC(c2ccccc2)(c2ccccc2)c2ccccc21)c1cc(C/C=C\C=C/C)cc(-c2ccccc2)c1)c1ccc(=C/C)/c(=C2/C=CC=CC2)c1. The maximum atomic E-state index is 4.84. The standard InChI is InChI=1S/C63H57N/c1-5-8-9-14-26-49-43-56(52-27-15-10-16-28-52)45-59(44-49)64(42-25-31-50(6-2)54-41-40-51(7-3)61(46-54)53-29-17-11-18-30-53)48(4)38-39-55-47-63(57-32-19-12-20-33-57,58-34-21-13-22-35-58)62-37-24-23-36-60(55)62/h5-25,27-29,31-37,40-47H,2,4,26,30,38-39H2,1,3H3/b8-5-,14-9-,42-25+,50-31+,51-7-,61-53-. The second kappa shape index (κ2) is 20.6. The molecule has 0 heterocycles. The van der Waals surface area contributed by atoms with Gasteiger partial charge in [-0.2, -0.15) is 0 Å². The smallest absolute Gasteiger partial charge is 0.0643 e. The summed E-state index contributed by atoms with van der Waals surface area (Å²) in [5, 5.41) is 2.49. The van der Waals surface area contributed by atoms with Gasteiger partial charge in [-0.25, -0.2) is 0 Å². The molecule has 6 aromatic rings. The van der Waals surface area contributed by atoms with Crippen LogP contribution in [0.2, 0.25) is 0 Å². The molecule has 1 nitrogen and oxygen atoms in total. The Bertz CT molecular complexity index is 2930. The van der Waals surface area contributed by atoms with Crippen molar-refractivity contribution in [3.63, 3.8) is 0 Å². The van der Waals surface area contributed by atoms with Crippen molar-refractivity contribution in [1.82, 2.24) is 0 Å². The largest absolute Gasteiger partial charge is 0.321 e. The third-order valence-electron chi connectivity index (χ3n) is 12.4. The molecule has 64 heavy (non-hydrogen) atoms. The number of fused-ring (bicyclic) bond motifs is 1. The van der Waals surface area contributed by atoms with Gasteiger partial charge in [0.2, 0.25) is 0 Å². The third-order valence-corrected chi connectivity index (χ3v) is 12.4. The summed E-state index contributed by atoms with van der Waals surface area (Å²) in [6, 6.07) is 55.2. The summed E-state index contributed by atoms with van der Waals surface area (Å²) in [6.07, 6.45) is 33.7. The van der Waals surface area contributed by atoms with Crippen molar-refractivity contribution in [2.45, 2.75) is 44.9 Å². The van der Waals surface area contributed by atoms with Crippen LogP contribution in [0.3, 0.4) is 0 Å². The first-order valence-electron chi connectivity index (χ1n) is 22.5. The first-order valence-corrected chi connectivity index (χ1v) is 22.5. The molecule has 0 aromatic heterocycles. The van der Waals surface area contributed by atoms with E-state index in [-0.39, 0.29) is 0 Å². The molecule has 0 aliphatic heterocycles. The number of allylic oxidation sites excluding steroid dienone is 15. The Morgan fingerprint density at radius 3 is 2.12 bits per heavy atom. The maximum absolute atomic E-state index is 4.84. The highest BCUT2D eigenvalue weighted by Gasteiger charge is 2.40. The molecule has 0 N–H and O–H groups in total. The molecule has 2 aliphatic rings. The molecule has 8 rings (SSSR count). The zero-order valence-corrected chi connectivity index (χ0v) is 37.2. The monoisotopic (exact) mass is 827 g/mol. The molecule has 1 heteroatoms. The molecular formula is C63H57N. The zero-order chi connectivity index (χ0) is 44.1. The van der Waals surface area contributed by atoms with E-state index in [0.717, 1.165) is 48.2 Å². The van der Waals surface area contributed by atoms with E-state index in [1.807, 2.05) is 13.0 Å². The number of benzene rings is 6. The lowest BCUT2D eigenvalue weighted by molar-refractivity contribution is 0.793. The zero-order valence-electron chi connectivity index (χ0n) is 37.2. The van der Waals surface area contributed by atoms with Crippen molar-refractivity contribution >= 4 is 28.5 Å². The fourth-order valence-electron chi connectivity index (χ4n) is 9.17. The molecule has 0 spiro atoms. The van der Waals surface area contributed by atoms with Crippen LogP contribution < -0.4 is 15.3 Å². The molecule has 2 aliphatic carbocycles. The fourth-order valence-corrected chi connectivity index (χ4v) is 9.17. The number of rotatable bonds is 15. The van der Waals surface area contributed by atoms with Gasteiger partial charge in [-0.3, -0.25) is 0 Å². The van der Waals surface area contributed by atoms with Crippen LogP contribution in [0.4, 0.5) is 5.69 Å². The fraction of sp³-hybridized carbons (Fsp3) is 0.111. The molecule has 0 amide bonds. The van der Waals surface area contributed by atoms with E-state index < -0.39 is 5.41 Å². The molecule has 0 fully saturated rings. The molecule has 0 saturated heterocycles. The average Bonchev–Trinajstić information content (AvgIpc) is 3.70. The lowest BCUT2D eigenvalue weighted by atomic mass is 9.71. The maximum Gasteiger partial charge on any atom is 0.0643 e. The first-order chi connectivity index (χ1) is 31.5. The second-order valence-electron chi connectivity index (χ2n) is 16.4. The normalized spacial score (nSPS) is 15.6. The molecule has 0 bridgehead atoms. The van der Waals surface area contributed by atoms with Gasteiger partial charge in [-0.15, -0.1) is 0 Å². The van der Waals surface area contributed by atoms with Crippen molar-refractivity contribution in [3.8, 4) is 11.1 Å². The molecule has 314 valence electrons. The summed E-state index contributed by atoms with van der Waals surface area (Å²) < 4.78 is 0. The van der Waals surface area contributed by atoms with E-state index in [0.29, 0.717) is 0 Å². The minimum atomic E-state index is -0.393. The predicted octanol–water partition coefficient (Wildman–Crippen LogP) is 14.8. The topological polar surface area (TPSA) is 3.24 Å². The van der Waals surface area contributed by atoms with Crippen LogP contribution in [0.15, 0.2) is 250 Å². The Kier molecular flexibility index (Phi) is 13.9. The predicted molar refractivity (Wildman–Crippen MR) is 277 cm³/mol. The average molecular weight is 828 g/mol. The van der Waals surface area contributed by atoms with Gasteiger partial charge in [0, 0.05) is 17.6 Å². The van der Waals surface area contributed by atoms with Gasteiger partial charge >= 0.3 is 0 Å². The van der Waals surface area contributed by atoms with E-state index >= 15 is 0 Å². The highest BCUT2D eigenvalue weighted by molar-refractivity contribution is 5.82. The number of anilines is 1. The molecule has 0 saturated carbocycles. The van der Waals surface area contributed by atoms with Crippen molar-refractivity contribution in [2.75, 3.05) is 4.90 Å². The van der Waals surface area contributed by atoms with E-state index in [1.165, 1.54) is 60.5 Å². The lowest BCUT2D eigenvalue weighted by Gasteiger charge is -2.30. The van der Waals surface area contributed by atoms with E-state index in [4.69, 9.17) is 6.58 Å². The summed E-state index contributed by atoms with van der Waals surface area (Å²) in [4.78, 5) is 2.29. The molecule has 0 radical (unpaired) electrons. The molecule has 0 atom stereocenters. The van der Waals surface area contributed by atoms with Crippen LogP contribution in [0.25, 0.3) is 33.9 Å². The molecule has 0 unspecified atom stereocenters. The van der Waals surface area contributed by atoms with Crippen LogP contribution >= 0.6 is 0 Å². The van der Waals surface area contributed by atoms with E-state index in [2.05, 4.69) is 249 Å². The number of nitrogens with zero attached hydrogens (tertiary/aromatic N) is 1. The Balaban J connectivity index is 1.20. The minimum Gasteiger partial charge on any atom is -0.321 e. The summed E-state index contributed by atoms with van der Waals surface area (Å²) in [5.41, 5.74) is 15.3. The van der Waals surface area contributed by atoms with Crippen LogP contribution in [-0.2, 0) is 11.8 Å². The second-order valence-corrected chi connectivity index (χ2v) is 16.4. The van der Waals surface area contributed by atoms with Crippen LogP contribution in [0.1, 0.15) is 66.5 Å². The van der Waals surface area contributed by atoms with Crippen LogP contribution in [0.5, 0.6) is 0 Å². The van der Waals surface area contributed by atoms with Gasteiger partial charge in [-0.1, -0.05) is 220 Å². The van der Waals surface area contributed by atoms with Crippen molar-refractivity contribution in [1.29, 1.82) is 0 Å². The Morgan fingerprint density at radius 2 is 1.44 bits per heavy atom. The summed E-state index contributed by atoms with van der Waals surface area (Å²) in [7, 11) is 0. The first kappa shape index (κ1) is 43.2. The summed E-state index contributed by atoms with van der Waals surface area (Å²) in [6.45, 7) is 13.3.